The molecule has 3 aromatic rings. The number of rotatable bonds is 1. The van der Waals surface area contributed by atoms with E-state index in [2.05, 4.69) is 48.1 Å². The highest BCUT2D eigenvalue weighted by Gasteiger charge is 2.11. The number of benzene rings is 1. The maximum absolute atomic E-state index is 6.09. The summed E-state index contributed by atoms with van der Waals surface area (Å²) >= 11 is 7.73. The first kappa shape index (κ1) is 11.6. The predicted octanol–water partition coefficient (Wildman–Crippen LogP) is 4.63. The van der Waals surface area contributed by atoms with Gasteiger partial charge >= 0.3 is 0 Å². The van der Waals surface area contributed by atoms with Gasteiger partial charge < -0.3 is 0 Å². The summed E-state index contributed by atoms with van der Waals surface area (Å²) in [7, 11) is 0. The van der Waals surface area contributed by atoms with Gasteiger partial charge in [-0.05, 0) is 36.6 Å². The third kappa shape index (κ3) is 1.80. The van der Waals surface area contributed by atoms with E-state index in [0.29, 0.717) is 5.15 Å². The van der Waals surface area contributed by atoms with Gasteiger partial charge in [0.1, 0.15) is 11.5 Å². The van der Waals surface area contributed by atoms with E-state index in [1.807, 2.05) is 0 Å². The number of hydrogen-bond donors (Lipinski definition) is 0. The Morgan fingerprint density at radius 3 is 2.78 bits per heavy atom. The molecule has 0 fully saturated rings. The van der Waals surface area contributed by atoms with Gasteiger partial charge in [0.15, 0.2) is 0 Å². The third-order valence-corrected chi connectivity index (χ3v) is 4.70. The van der Waals surface area contributed by atoms with E-state index in [9.17, 15) is 0 Å². The molecule has 0 atom stereocenters. The van der Waals surface area contributed by atoms with Crippen LogP contribution in [0.1, 0.15) is 11.1 Å². The molecular formula is C14H11ClN2S. The first-order chi connectivity index (χ1) is 8.66. The zero-order valence-electron chi connectivity index (χ0n) is 10.1. The maximum Gasteiger partial charge on any atom is 0.150 e. The summed E-state index contributed by atoms with van der Waals surface area (Å²) in [6, 6.07) is 8.41. The summed E-state index contributed by atoms with van der Waals surface area (Å²) in [5.74, 6) is 0. The molecule has 0 saturated heterocycles. The van der Waals surface area contributed by atoms with Crippen LogP contribution < -0.4 is 0 Å². The summed E-state index contributed by atoms with van der Waals surface area (Å²) in [5, 5.41) is 0.529. The second-order valence-electron chi connectivity index (χ2n) is 4.24. The lowest BCUT2D eigenvalue weighted by atomic mass is 10.0. The fourth-order valence-electron chi connectivity index (χ4n) is 1.98. The minimum Gasteiger partial charge on any atom is -0.235 e. The first-order valence-electron chi connectivity index (χ1n) is 5.63. The van der Waals surface area contributed by atoms with Crippen molar-refractivity contribution in [1.29, 1.82) is 0 Å². The molecule has 0 saturated carbocycles. The quantitative estimate of drug-likeness (QED) is 0.605. The number of fused-ring (bicyclic) bond motifs is 1. The smallest absolute Gasteiger partial charge is 0.150 e. The maximum atomic E-state index is 6.09. The highest BCUT2D eigenvalue weighted by molar-refractivity contribution is 7.22. The Kier molecular flexibility index (Phi) is 2.80. The van der Waals surface area contributed by atoms with E-state index < -0.39 is 0 Å². The lowest BCUT2D eigenvalue weighted by Gasteiger charge is -2.05. The van der Waals surface area contributed by atoms with Crippen molar-refractivity contribution in [2.75, 3.05) is 0 Å². The Hall–Kier alpha value is -1.45. The highest BCUT2D eigenvalue weighted by Crippen LogP contribution is 2.37. The van der Waals surface area contributed by atoms with Crippen molar-refractivity contribution in [3.05, 3.63) is 46.9 Å². The van der Waals surface area contributed by atoms with Crippen molar-refractivity contribution in [2.24, 2.45) is 0 Å². The minimum absolute atomic E-state index is 0.529. The molecule has 3 rings (SSSR count). The van der Waals surface area contributed by atoms with E-state index in [0.717, 1.165) is 10.2 Å². The van der Waals surface area contributed by atoms with Gasteiger partial charge in [0, 0.05) is 4.88 Å². The Bertz CT molecular complexity index is 734. The molecule has 0 radical (unpaired) electrons. The van der Waals surface area contributed by atoms with Crippen LogP contribution in [0.15, 0.2) is 30.6 Å². The standard InChI is InChI=1S/C14H11ClN2S/c1-8-4-3-5-10(9(8)2)12-6-11-13(18-12)14(15)17-7-16-11/h3-7H,1-2H3. The van der Waals surface area contributed by atoms with Gasteiger partial charge in [-0.15, -0.1) is 11.3 Å². The summed E-state index contributed by atoms with van der Waals surface area (Å²) in [6.07, 6.45) is 1.50. The van der Waals surface area contributed by atoms with Gasteiger partial charge in [0.05, 0.1) is 10.2 Å². The van der Waals surface area contributed by atoms with Crippen LogP contribution in [0, 0.1) is 13.8 Å². The molecule has 0 amide bonds. The molecule has 18 heavy (non-hydrogen) atoms. The molecule has 1 aromatic carbocycles. The Morgan fingerprint density at radius 1 is 1.17 bits per heavy atom. The lowest BCUT2D eigenvalue weighted by molar-refractivity contribution is 1.23. The molecule has 2 heterocycles. The van der Waals surface area contributed by atoms with E-state index >= 15 is 0 Å². The topological polar surface area (TPSA) is 25.8 Å². The Labute approximate surface area is 114 Å². The van der Waals surface area contributed by atoms with Crippen LogP contribution in [-0.2, 0) is 0 Å². The van der Waals surface area contributed by atoms with Crippen LogP contribution in [0.5, 0.6) is 0 Å². The van der Waals surface area contributed by atoms with E-state index in [-0.39, 0.29) is 0 Å². The number of aromatic nitrogens is 2. The predicted molar refractivity (Wildman–Crippen MR) is 77.3 cm³/mol. The van der Waals surface area contributed by atoms with Crippen molar-refractivity contribution in [3.63, 3.8) is 0 Å². The molecule has 0 bridgehead atoms. The van der Waals surface area contributed by atoms with Crippen molar-refractivity contribution >= 4 is 33.2 Å². The summed E-state index contributed by atoms with van der Waals surface area (Å²) in [4.78, 5) is 9.46. The third-order valence-electron chi connectivity index (χ3n) is 3.14. The lowest BCUT2D eigenvalue weighted by Crippen LogP contribution is -1.83. The second kappa shape index (κ2) is 4.34. The van der Waals surface area contributed by atoms with Gasteiger partial charge in [0.2, 0.25) is 0 Å². The van der Waals surface area contributed by atoms with Gasteiger partial charge in [-0.25, -0.2) is 9.97 Å². The molecule has 0 N–H and O–H groups in total. The molecule has 0 unspecified atom stereocenters. The SMILES string of the molecule is Cc1cccc(-c2cc3ncnc(Cl)c3s2)c1C. The van der Waals surface area contributed by atoms with Crippen molar-refractivity contribution in [1.82, 2.24) is 9.97 Å². The zero-order chi connectivity index (χ0) is 12.7. The van der Waals surface area contributed by atoms with Gasteiger partial charge in [-0.2, -0.15) is 0 Å². The van der Waals surface area contributed by atoms with Gasteiger partial charge in [0.25, 0.3) is 0 Å². The normalized spacial score (nSPS) is 11.1. The van der Waals surface area contributed by atoms with Crippen LogP contribution >= 0.6 is 22.9 Å². The van der Waals surface area contributed by atoms with E-state index in [4.69, 9.17) is 11.6 Å². The van der Waals surface area contributed by atoms with E-state index in [1.54, 1.807) is 11.3 Å². The average Bonchev–Trinajstić information content (AvgIpc) is 2.78. The number of hydrogen-bond acceptors (Lipinski definition) is 3. The van der Waals surface area contributed by atoms with E-state index in [1.165, 1.54) is 27.9 Å². The van der Waals surface area contributed by atoms with Crippen LogP contribution in [0.3, 0.4) is 0 Å². The summed E-state index contributed by atoms with van der Waals surface area (Å²) in [6.45, 7) is 4.27. The molecular weight excluding hydrogens is 264 g/mol. The monoisotopic (exact) mass is 274 g/mol. The number of aryl methyl sites for hydroxylation is 1. The first-order valence-corrected chi connectivity index (χ1v) is 6.83. The fraction of sp³-hybridized carbons (Fsp3) is 0.143. The van der Waals surface area contributed by atoms with Crippen LogP contribution in [0.4, 0.5) is 0 Å². The van der Waals surface area contributed by atoms with Gasteiger partial charge in [-0.1, -0.05) is 29.8 Å². The number of thiophene rings is 1. The molecule has 4 heteroatoms. The molecule has 2 aromatic heterocycles. The fourth-order valence-corrected chi connectivity index (χ4v) is 3.31. The molecule has 0 spiro atoms. The van der Waals surface area contributed by atoms with Crippen molar-refractivity contribution in [2.45, 2.75) is 13.8 Å². The highest BCUT2D eigenvalue weighted by atomic mass is 35.5. The largest absolute Gasteiger partial charge is 0.235 e. The van der Waals surface area contributed by atoms with Gasteiger partial charge in [-0.3, -0.25) is 0 Å². The average molecular weight is 275 g/mol. The molecule has 2 nitrogen and oxygen atoms in total. The number of halogens is 1. The minimum atomic E-state index is 0.529. The van der Waals surface area contributed by atoms with Crippen LogP contribution in [0.25, 0.3) is 20.7 Å². The Morgan fingerprint density at radius 2 is 2.00 bits per heavy atom. The second-order valence-corrected chi connectivity index (χ2v) is 5.65. The van der Waals surface area contributed by atoms with Crippen molar-refractivity contribution < 1.29 is 0 Å². The summed E-state index contributed by atoms with van der Waals surface area (Å²) in [5.41, 5.74) is 4.75. The molecule has 90 valence electrons. The molecule has 0 aliphatic rings. The molecule has 0 aliphatic heterocycles. The van der Waals surface area contributed by atoms with Crippen LogP contribution in [-0.4, -0.2) is 9.97 Å². The molecule has 0 aliphatic carbocycles. The van der Waals surface area contributed by atoms with Crippen molar-refractivity contribution in [3.8, 4) is 10.4 Å². The Balaban J connectivity index is 2.26. The zero-order valence-corrected chi connectivity index (χ0v) is 11.6. The number of nitrogens with zero attached hydrogens (tertiary/aromatic N) is 2. The summed E-state index contributed by atoms with van der Waals surface area (Å²) < 4.78 is 0.954. The van der Waals surface area contributed by atoms with Crippen LogP contribution in [0.2, 0.25) is 5.15 Å².